The molecular formula is C11H20ClNO2. The fourth-order valence-electron chi connectivity index (χ4n) is 2.09. The molecule has 0 aliphatic carbocycles. The van der Waals surface area contributed by atoms with E-state index < -0.39 is 0 Å². The predicted molar refractivity (Wildman–Crippen MR) is 60.9 cm³/mol. The standard InChI is InChI=1S/C11H20ClNO2/c1-3-8(2)10(7-14)13-6-9(5-12)4-11(13)15/h8-10,14H,3-7H2,1-2H3/t8-,9?,10+/m0/s1. The molecule has 4 heteroatoms. The Kier molecular flexibility index (Phi) is 4.87. The maximum Gasteiger partial charge on any atom is 0.223 e. The number of hydrogen-bond donors (Lipinski definition) is 1. The molecule has 88 valence electrons. The molecular weight excluding hydrogens is 214 g/mol. The molecule has 1 aliphatic rings. The van der Waals surface area contributed by atoms with Crippen molar-refractivity contribution in [2.75, 3.05) is 19.0 Å². The normalized spacial score (nSPS) is 25.7. The molecule has 3 nitrogen and oxygen atoms in total. The minimum atomic E-state index is -0.0317. The van der Waals surface area contributed by atoms with Gasteiger partial charge in [-0.2, -0.15) is 0 Å². The van der Waals surface area contributed by atoms with Crippen molar-refractivity contribution in [2.45, 2.75) is 32.7 Å². The maximum absolute atomic E-state index is 11.7. The zero-order valence-electron chi connectivity index (χ0n) is 9.45. The van der Waals surface area contributed by atoms with Gasteiger partial charge in [0.25, 0.3) is 0 Å². The highest BCUT2D eigenvalue weighted by Crippen LogP contribution is 2.25. The minimum Gasteiger partial charge on any atom is -0.394 e. The van der Waals surface area contributed by atoms with Crippen molar-refractivity contribution < 1.29 is 9.90 Å². The summed E-state index contributed by atoms with van der Waals surface area (Å²) in [5.74, 6) is 1.27. The molecule has 1 heterocycles. The van der Waals surface area contributed by atoms with Crippen molar-refractivity contribution in [1.29, 1.82) is 0 Å². The first-order valence-corrected chi connectivity index (χ1v) is 6.13. The summed E-state index contributed by atoms with van der Waals surface area (Å²) in [4.78, 5) is 13.5. The van der Waals surface area contributed by atoms with E-state index in [9.17, 15) is 9.90 Å². The molecule has 1 fully saturated rings. The first-order valence-electron chi connectivity index (χ1n) is 5.60. The van der Waals surface area contributed by atoms with E-state index in [0.29, 0.717) is 24.8 Å². The highest BCUT2D eigenvalue weighted by Gasteiger charge is 2.35. The lowest BCUT2D eigenvalue weighted by Crippen LogP contribution is -2.43. The second-order valence-electron chi connectivity index (χ2n) is 4.41. The molecule has 1 amide bonds. The quantitative estimate of drug-likeness (QED) is 0.731. The van der Waals surface area contributed by atoms with Gasteiger partial charge in [-0.15, -0.1) is 11.6 Å². The van der Waals surface area contributed by atoms with Gasteiger partial charge in [-0.05, 0) is 11.8 Å². The van der Waals surface area contributed by atoms with Gasteiger partial charge in [0.15, 0.2) is 0 Å². The number of carbonyl (C=O) groups excluding carboxylic acids is 1. The number of carbonyl (C=O) groups is 1. The van der Waals surface area contributed by atoms with E-state index in [0.717, 1.165) is 6.42 Å². The Morgan fingerprint density at radius 2 is 2.33 bits per heavy atom. The molecule has 0 aromatic heterocycles. The van der Waals surface area contributed by atoms with Crippen LogP contribution in [0.3, 0.4) is 0 Å². The molecule has 0 aromatic rings. The summed E-state index contributed by atoms with van der Waals surface area (Å²) in [5, 5.41) is 9.34. The number of aliphatic hydroxyl groups excluding tert-OH is 1. The summed E-state index contributed by atoms with van der Waals surface area (Å²) in [6, 6.07) is -0.0317. The van der Waals surface area contributed by atoms with Crippen LogP contribution in [-0.2, 0) is 4.79 Å². The summed E-state index contributed by atoms with van der Waals surface area (Å²) in [5.41, 5.74) is 0. The highest BCUT2D eigenvalue weighted by molar-refractivity contribution is 6.18. The summed E-state index contributed by atoms with van der Waals surface area (Å²) < 4.78 is 0. The van der Waals surface area contributed by atoms with E-state index in [4.69, 9.17) is 11.6 Å². The Balaban J connectivity index is 2.65. The van der Waals surface area contributed by atoms with E-state index >= 15 is 0 Å². The fraction of sp³-hybridized carbons (Fsp3) is 0.909. The molecule has 3 atom stereocenters. The Hall–Kier alpha value is -0.280. The number of rotatable bonds is 5. The third kappa shape index (κ3) is 2.85. The van der Waals surface area contributed by atoms with E-state index in [1.807, 2.05) is 0 Å². The van der Waals surface area contributed by atoms with Gasteiger partial charge in [0.1, 0.15) is 0 Å². The third-order valence-corrected chi connectivity index (χ3v) is 3.78. The molecule has 0 bridgehead atoms. The van der Waals surface area contributed by atoms with Crippen LogP contribution in [-0.4, -0.2) is 41.0 Å². The van der Waals surface area contributed by atoms with E-state index in [-0.39, 0.29) is 24.5 Å². The SMILES string of the molecule is CC[C@H](C)[C@@H](CO)N1CC(CCl)CC1=O. The average Bonchev–Trinajstić information content (AvgIpc) is 2.61. The van der Waals surface area contributed by atoms with Crippen LogP contribution in [0.15, 0.2) is 0 Å². The Labute approximate surface area is 96.4 Å². The van der Waals surface area contributed by atoms with Gasteiger partial charge in [0.2, 0.25) is 5.91 Å². The number of nitrogens with zero attached hydrogens (tertiary/aromatic N) is 1. The third-order valence-electron chi connectivity index (χ3n) is 3.34. The highest BCUT2D eigenvalue weighted by atomic mass is 35.5. The van der Waals surface area contributed by atoms with E-state index in [1.54, 1.807) is 4.90 Å². The van der Waals surface area contributed by atoms with Crippen LogP contribution in [0.1, 0.15) is 26.7 Å². The first kappa shape index (κ1) is 12.8. The van der Waals surface area contributed by atoms with Crippen molar-refractivity contribution >= 4 is 17.5 Å². The van der Waals surface area contributed by atoms with Gasteiger partial charge in [-0.25, -0.2) is 0 Å². The summed E-state index contributed by atoms with van der Waals surface area (Å²) in [6.45, 7) is 4.91. The molecule has 1 unspecified atom stereocenters. The average molecular weight is 234 g/mol. The van der Waals surface area contributed by atoms with Crippen LogP contribution >= 0.6 is 11.6 Å². The number of amides is 1. The molecule has 15 heavy (non-hydrogen) atoms. The Morgan fingerprint density at radius 3 is 2.73 bits per heavy atom. The number of halogens is 1. The number of alkyl halides is 1. The topological polar surface area (TPSA) is 40.5 Å². The monoisotopic (exact) mass is 233 g/mol. The summed E-state index contributed by atoms with van der Waals surface area (Å²) in [6.07, 6.45) is 1.51. The maximum atomic E-state index is 11.7. The molecule has 0 radical (unpaired) electrons. The second-order valence-corrected chi connectivity index (χ2v) is 4.71. The van der Waals surface area contributed by atoms with Gasteiger partial charge in [-0.1, -0.05) is 20.3 Å². The zero-order chi connectivity index (χ0) is 11.4. The lowest BCUT2D eigenvalue weighted by Gasteiger charge is -2.31. The van der Waals surface area contributed by atoms with Crippen molar-refractivity contribution in [3.05, 3.63) is 0 Å². The summed E-state index contributed by atoms with van der Waals surface area (Å²) >= 11 is 5.76. The van der Waals surface area contributed by atoms with Crippen LogP contribution in [0.4, 0.5) is 0 Å². The number of hydrogen-bond acceptors (Lipinski definition) is 2. The van der Waals surface area contributed by atoms with Crippen LogP contribution in [0.25, 0.3) is 0 Å². The largest absolute Gasteiger partial charge is 0.394 e. The van der Waals surface area contributed by atoms with E-state index in [2.05, 4.69) is 13.8 Å². The fourth-order valence-corrected chi connectivity index (χ4v) is 2.30. The number of aliphatic hydroxyl groups is 1. The predicted octanol–water partition coefficient (Wildman–Crippen LogP) is 1.48. The molecule has 0 spiro atoms. The van der Waals surface area contributed by atoms with Crippen LogP contribution in [0.2, 0.25) is 0 Å². The van der Waals surface area contributed by atoms with Crippen LogP contribution in [0.5, 0.6) is 0 Å². The zero-order valence-corrected chi connectivity index (χ0v) is 10.2. The lowest BCUT2D eigenvalue weighted by molar-refractivity contribution is -0.131. The minimum absolute atomic E-state index is 0.0317. The van der Waals surface area contributed by atoms with E-state index in [1.165, 1.54) is 0 Å². The molecule has 0 saturated carbocycles. The van der Waals surface area contributed by atoms with Gasteiger partial charge in [-0.3, -0.25) is 4.79 Å². The molecule has 0 aromatic carbocycles. The van der Waals surface area contributed by atoms with Crippen molar-refractivity contribution in [3.63, 3.8) is 0 Å². The molecule has 1 aliphatic heterocycles. The number of likely N-dealkylation sites (tertiary alicyclic amines) is 1. The van der Waals surface area contributed by atoms with Crippen molar-refractivity contribution in [2.24, 2.45) is 11.8 Å². The Bertz CT molecular complexity index is 223. The lowest BCUT2D eigenvalue weighted by atomic mass is 9.98. The van der Waals surface area contributed by atoms with Crippen molar-refractivity contribution in [1.82, 2.24) is 4.90 Å². The van der Waals surface area contributed by atoms with Crippen molar-refractivity contribution in [3.8, 4) is 0 Å². The van der Waals surface area contributed by atoms with Gasteiger partial charge in [0, 0.05) is 18.8 Å². The van der Waals surface area contributed by atoms with Gasteiger partial charge < -0.3 is 10.0 Å². The molecule has 1 N–H and O–H groups in total. The van der Waals surface area contributed by atoms with Gasteiger partial charge in [0.05, 0.1) is 12.6 Å². The first-order chi connectivity index (χ1) is 7.13. The van der Waals surface area contributed by atoms with Gasteiger partial charge >= 0.3 is 0 Å². The van der Waals surface area contributed by atoms with Crippen LogP contribution in [0, 0.1) is 11.8 Å². The van der Waals surface area contributed by atoms with Crippen LogP contribution < -0.4 is 0 Å². The Morgan fingerprint density at radius 1 is 1.67 bits per heavy atom. The molecule has 1 saturated heterocycles. The summed E-state index contributed by atoms with van der Waals surface area (Å²) in [7, 11) is 0. The second kappa shape index (κ2) is 5.71. The smallest absolute Gasteiger partial charge is 0.223 e. The molecule has 1 rings (SSSR count).